The maximum Gasteiger partial charge on any atom is 0.243 e. The molecular weight excluding hydrogens is 424 g/mol. The van der Waals surface area contributed by atoms with Crippen LogP contribution in [0.2, 0.25) is 0 Å². The quantitative estimate of drug-likeness (QED) is 0.648. The Hall–Kier alpha value is -2.51. The Morgan fingerprint density at radius 3 is 2.09 bits per heavy atom. The van der Waals surface area contributed by atoms with Crippen LogP contribution in [-0.4, -0.2) is 55.5 Å². The zero-order valence-corrected chi connectivity index (χ0v) is 19.5. The molecule has 32 heavy (non-hydrogen) atoms. The number of carbonyl (C=O) groups is 2. The standard InChI is InChI=1S/C25H30N2O4S/c1-19-6-5-7-22(18-19)25(12-3-4-13-25)24(29)26-14-16-27(17-15-26)32(30,31)23-10-8-21(9-11-23)20(2)28/h5-11,18H,3-4,12-17H2,1-2H3. The number of hydrogen-bond donors (Lipinski definition) is 0. The number of piperazine rings is 1. The van der Waals surface area contributed by atoms with Gasteiger partial charge in [-0.25, -0.2) is 8.42 Å². The molecule has 1 saturated heterocycles. The van der Waals surface area contributed by atoms with Gasteiger partial charge in [-0.1, -0.05) is 54.8 Å². The van der Waals surface area contributed by atoms with Crippen molar-refractivity contribution in [3.05, 3.63) is 65.2 Å². The summed E-state index contributed by atoms with van der Waals surface area (Å²) in [6, 6.07) is 14.3. The van der Waals surface area contributed by atoms with E-state index in [9.17, 15) is 18.0 Å². The molecule has 7 heteroatoms. The van der Waals surface area contributed by atoms with Crippen LogP contribution >= 0.6 is 0 Å². The Kier molecular flexibility index (Phi) is 6.23. The van der Waals surface area contributed by atoms with Crippen molar-refractivity contribution in [1.82, 2.24) is 9.21 Å². The van der Waals surface area contributed by atoms with E-state index < -0.39 is 15.4 Å². The molecule has 2 aromatic carbocycles. The minimum atomic E-state index is -3.66. The Morgan fingerprint density at radius 2 is 1.53 bits per heavy atom. The highest BCUT2D eigenvalue weighted by molar-refractivity contribution is 7.89. The fourth-order valence-corrected chi connectivity index (χ4v) is 6.41. The summed E-state index contributed by atoms with van der Waals surface area (Å²) in [6.07, 6.45) is 3.75. The van der Waals surface area contributed by atoms with Gasteiger partial charge in [0.25, 0.3) is 0 Å². The number of sulfonamides is 1. The minimum absolute atomic E-state index is 0.101. The Bertz CT molecular complexity index is 1110. The van der Waals surface area contributed by atoms with Gasteiger partial charge in [-0.15, -0.1) is 0 Å². The number of Topliss-reactive ketones (excluding diaryl/α,β-unsaturated/α-hetero) is 1. The van der Waals surface area contributed by atoms with Crippen molar-refractivity contribution in [2.75, 3.05) is 26.2 Å². The monoisotopic (exact) mass is 454 g/mol. The minimum Gasteiger partial charge on any atom is -0.339 e. The molecule has 1 aliphatic carbocycles. The summed E-state index contributed by atoms with van der Waals surface area (Å²) in [5.41, 5.74) is 2.22. The molecule has 170 valence electrons. The van der Waals surface area contributed by atoms with Crippen LogP contribution in [0.3, 0.4) is 0 Å². The van der Waals surface area contributed by atoms with Gasteiger partial charge in [0.15, 0.2) is 5.78 Å². The van der Waals surface area contributed by atoms with Gasteiger partial charge in [0.2, 0.25) is 15.9 Å². The fraction of sp³-hybridized carbons (Fsp3) is 0.440. The van der Waals surface area contributed by atoms with Crippen LogP contribution in [0, 0.1) is 6.92 Å². The number of rotatable bonds is 5. The molecule has 0 atom stereocenters. The predicted molar refractivity (Wildman–Crippen MR) is 123 cm³/mol. The Morgan fingerprint density at radius 1 is 0.906 bits per heavy atom. The van der Waals surface area contributed by atoms with Gasteiger partial charge in [-0.2, -0.15) is 4.31 Å². The van der Waals surface area contributed by atoms with E-state index in [2.05, 4.69) is 12.1 Å². The summed E-state index contributed by atoms with van der Waals surface area (Å²) in [7, 11) is -3.66. The zero-order valence-electron chi connectivity index (χ0n) is 18.7. The average molecular weight is 455 g/mol. The maximum atomic E-state index is 13.7. The lowest BCUT2D eigenvalue weighted by atomic mass is 9.77. The predicted octanol–water partition coefficient (Wildman–Crippen LogP) is 3.54. The highest BCUT2D eigenvalue weighted by Gasteiger charge is 2.46. The van der Waals surface area contributed by atoms with E-state index in [4.69, 9.17) is 0 Å². The van der Waals surface area contributed by atoms with Crippen LogP contribution in [-0.2, 0) is 20.2 Å². The SMILES string of the molecule is CC(=O)c1ccc(S(=O)(=O)N2CCN(C(=O)C3(c4cccc(C)c4)CCCC3)CC2)cc1. The number of amides is 1. The maximum absolute atomic E-state index is 13.7. The first kappa shape index (κ1) is 22.7. The van der Waals surface area contributed by atoms with Gasteiger partial charge in [0.1, 0.15) is 0 Å². The first-order valence-electron chi connectivity index (χ1n) is 11.2. The summed E-state index contributed by atoms with van der Waals surface area (Å²) in [4.78, 5) is 27.2. The molecule has 0 unspecified atom stereocenters. The molecule has 0 spiro atoms. The largest absolute Gasteiger partial charge is 0.339 e. The molecule has 2 aliphatic rings. The van der Waals surface area contributed by atoms with Crippen molar-refractivity contribution in [3.8, 4) is 0 Å². The number of nitrogens with zero attached hydrogens (tertiary/aromatic N) is 2. The molecule has 0 aromatic heterocycles. The third-order valence-corrected chi connectivity index (χ3v) is 8.77. The summed E-state index contributed by atoms with van der Waals surface area (Å²) >= 11 is 0. The van der Waals surface area contributed by atoms with E-state index in [1.54, 1.807) is 12.1 Å². The van der Waals surface area contributed by atoms with Crippen LogP contribution < -0.4 is 0 Å². The van der Waals surface area contributed by atoms with Crippen LogP contribution in [0.4, 0.5) is 0 Å². The second-order valence-corrected chi connectivity index (χ2v) is 10.9. The Labute approximate surface area is 190 Å². The highest BCUT2D eigenvalue weighted by Crippen LogP contribution is 2.43. The van der Waals surface area contributed by atoms with Gasteiger partial charge >= 0.3 is 0 Å². The molecule has 1 saturated carbocycles. The van der Waals surface area contributed by atoms with E-state index >= 15 is 0 Å². The summed E-state index contributed by atoms with van der Waals surface area (Å²) in [5, 5.41) is 0. The summed E-state index contributed by atoms with van der Waals surface area (Å²) < 4.78 is 27.6. The third kappa shape index (κ3) is 4.11. The van der Waals surface area contributed by atoms with E-state index in [1.807, 2.05) is 24.0 Å². The van der Waals surface area contributed by atoms with Crippen molar-refractivity contribution >= 4 is 21.7 Å². The van der Waals surface area contributed by atoms with Crippen LogP contribution in [0.25, 0.3) is 0 Å². The average Bonchev–Trinajstić information content (AvgIpc) is 3.30. The molecule has 2 aromatic rings. The van der Waals surface area contributed by atoms with E-state index in [1.165, 1.54) is 23.4 Å². The summed E-state index contributed by atoms with van der Waals surface area (Å²) in [5.74, 6) is 0.0268. The van der Waals surface area contributed by atoms with Gasteiger partial charge in [0, 0.05) is 31.7 Å². The molecule has 2 fully saturated rings. The number of hydrogen-bond acceptors (Lipinski definition) is 4. The lowest BCUT2D eigenvalue weighted by Gasteiger charge is -2.39. The Balaban J connectivity index is 1.49. The first-order valence-corrected chi connectivity index (χ1v) is 12.7. The van der Waals surface area contributed by atoms with Crippen molar-refractivity contribution < 1.29 is 18.0 Å². The van der Waals surface area contributed by atoms with Crippen molar-refractivity contribution in [2.45, 2.75) is 49.8 Å². The van der Waals surface area contributed by atoms with Gasteiger partial charge < -0.3 is 4.90 Å². The number of benzene rings is 2. The molecule has 0 bridgehead atoms. The lowest BCUT2D eigenvalue weighted by Crippen LogP contribution is -2.55. The van der Waals surface area contributed by atoms with Crippen LogP contribution in [0.15, 0.2) is 53.4 Å². The topological polar surface area (TPSA) is 74.8 Å². The highest BCUT2D eigenvalue weighted by atomic mass is 32.2. The normalized spacial score (nSPS) is 19.1. The van der Waals surface area contributed by atoms with Gasteiger partial charge in [-0.3, -0.25) is 9.59 Å². The molecule has 1 amide bonds. The lowest BCUT2D eigenvalue weighted by molar-refractivity contribution is -0.138. The van der Waals surface area contributed by atoms with E-state index in [0.717, 1.165) is 36.8 Å². The third-order valence-electron chi connectivity index (χ3n) is 6.86. The molecule has 1 heterocycles. The molecule has 4 rings (SSSR count). The number of ketones is 1. The molecule has 6 nitrogen and oxygen atoms in total. The molecule has 0 N–H and O–H groups in total. The molecular formula is C25H30N2O4S. The smallest absolute Gasteiger partial charge is 0.243 e. The first-order chi connectivity index (χ1) is 15.2. The van der Waals surface area contributed by atoms with Crippen LogP contribution in [0.1, 0.15) is 54.1 Å². The zero-order chi connectivity index (χ0) is 22.9. The number of aryl methyl sites for hydroxylation is 1. The van der Waals surface area contributed by atoms with Crippen molar-refractivity contribution in [1.29, 1.82) is 0 Å². The molecule has 0 radical (unpaired) electrons. The van der Waals surface area contributed by atoms with Gasteiger partial charge in [-0.05, 0) is 44.4 Å². The van der Waals surface area contributed by atoms with E-state index in [0.29, 0.717) is 18.7 Å². The van der Waals surface area contributed by atoms with Gasteiger partial charge in [0.05, 0.1) is 10.3 Å². The second-order valence-electron chi connectivity index (χ2n) is 8.94. The van der Waals surface area contributed by atoms with Crippen molar-refractivity contribution in [2.24, 2.45) is 0 Å². The van der Waals surface area contributed by atoms with Crippen LogP contribution in [0.5, 0.6) is 0 Å². The van der Waals surface area contributed by atoms with Crippen molar-refractivity contribution in [3.63, 3.8) is 0 Å². The van der Waals surface area contributed by atoms with E-state index in [-0.39, 0.29) is 29.7 Å². The fourth-order valence-electron chi connectivity index (χ4n) is 4.99. The number of carbonyl (C=O) groups excluding carboxylic acids is 2. The summed E-state index contributed by atoms with van der Waals surface area (Å²) in [6.45, 7) is 4.81. The molecule has 1 aliphatic heterocycles. The second kappa shape index (κ2) is 8.79.